The molecule has 4 aromatic rings. The Morgan fingerprint density at radius 3 is 2.48 bits per heavy atom. The molecule has 4 N–H and O–H groups in total. The summed E-state index contributed by atoms with van der Waals surface area (Å²) in [6, 6.07) is 8.05. The summed E-state index contributed by atoms with van der Waals surface area (Å²) < 4.78 is 35.4. The van der Waals surface area contributed by atoms with Crippen molar-refractivity contribution in [1.82, 2.24) is 29.7 Å². The van der Waals surface area contributed by atoms with Crippen molar-refractivity contribution >= 4 is 45.4 Å². The number of imidazole rings is 1. The van der Waals surface area contributed by atoms with E-state index in [1.807, 2.05) is 25.1 Å². The van der Waals surface area contributed by atoms with Gasteiger partial charge in [-0.1, -0.05) is 24.8 Å². The highest BCUT2D eigenvalue weighted by atomic mass is 19.1. The number of benzene rings is 2. The number of halogens is 1. The van der Waals surface area contributed by atoms with Crippen LogP contribution in [0, 0.1) is 29.6 Å². The number of aromatic nitrogens is 3. The predicted molar refractivity (Wildman–Crippen MR) is 238 cm³/mol. The fourth-order valence-electron chi connectivity index (χ4n) is 10.0. The number of methoxy groups -OCH3 is 1. The molecule has 1 aliphatic carbocycles. The summed E-state index contributed by atoms with van der Waals surface area (Å²) >= 11 is 0. The second-order valence-electron chi connectivity index (χ2n) is 17.8. The molecule has 0 bridgehead atoms. The van der Waals surface area contributed by atoms with E-state index in [4.69, 9.17) is 19.9 Å². The molecule has 3 saturated heterocycles. The number of piperidine rings is 2. The molecule has 340 valence electrons. The van der Waals surface area contributed by atoms with E-state index in [1.54, 1.807) is 29.9 Å². The van der Waals surface area contributed by atoms with Gasteiger partial charge in [0, 0.05) is 68.5 Å². The molecular weight excluding hydrogens is 822 g/mol. The second kappa shape index (κ2) is 19.5. The lowest BCUT2D eigenvalue weighted by atomic mass is 9.81. The van der Waals surface area contributed by atoms with Crippen LogP contribution in [0.1, 0.15) is 98.7 Å². The van der Waals surface area contributed by atoms with Crippen molar-refractivity contribution in [2.75, 3.05) is 40.0 Å². The number of fused-ring (bicyclic) bond motifs is 2. The third-order valence-corrected chi connectivity index (χ3v) is 13.7. The zero-order chi connectivity index (χ0) is 45.1. The molecule has 5 heterocycles. The van der Waals surface area contributed by atoms with Gasteiger partial charge in [0.25, 0.3) is 11.8 Å². The van der Waals surface area contributed by atoms with Gasteiger partial charge in [0.05, 0.1) is 41.4 Å². The van der Waals surface area contributed by atoms with Crippen LogP contribution in [0.4, 0.5) is 4.39 Å². The van der Waals surface area contributed by atoms with Gasteiger partial charge in [-0.25, -0.2) is 14.2 Å². The number of likely N-dealkylation sites (tertiary alicyclic amines) is 1. The number of imide groups is 1. The van der Waals surface area contributed by atoms with Crippen molar-refractivity contribution in [2.45, 2.75) is 102 Å². The van der Waals surface area contributed by atoms with Crippen molar-refractivity contribution in [2.24, 2.45) is 30.5 Å². The van der Waals surface area contributed by atoms with Crippen molar-refractivity contribution in [1.29, 1.82) is 0 Å². The molecule has 8 rings (SSSR count). The van der Waals surface area contributed by atoms with Crippen LogP contribution in [0.3, 0.4) is 0 Å². The van der Waals surface area contributed by atoms with Crippen molar-refractivity contribution in [3.63, 3.8) is 0 Å². The smallest absolute Gasteiger partial charge is 0.329 e. The number of nitrogens with one attached hydrogen (secondary N) is 2. The van der Waals surface area contributed by atoms with Gasteiger partial charge in [0.1, 0.15) is 18.4 Å². The summed E-state index contributed by atoms with van der Waals surface area (Å²) in [4.78, 5) is 68.9. The van der Waals surface area contributed by atoms with Gasteiger partial charge in [0.2, 0.25) is 17.7 Å². The average molecular weight is 880 g/mol. The highest BCUT2D eigenvalue weighted by molar-refractivity contribution is 6.03. The number of carbonyl (C=O) groups is 4. The molecule has 2 aromatic heterocycles. The van der Waals surface area contributed by atoms with Crippen LogP contribution in [0.2, 0.25) is 0 Å². The Labute approximate surface area is 371 Å². The molecule has 4 aliphatic rings. The molecular formula is C48H58FN7O8. The van der Waals surface area contributed by atoms with Gasteiger partial charge in [-0.05, 0) is 100.0 Å². The van der Waals surface area contributed by atoms with Crippen molar-refractivity contribution in [3.8, 4) is 23.5 Å². The summed E-state index contributed by atoms with van der Waals surface area (Å²) in [6.45, 7) is 5.65. The maximum Gasteiger partial charge on any atom is 0.329 e. The first-order chi connectivity index (χ1) is 30.9. The molecule has 3 aliphatic heterocycles. The van der Waals surface area contributed by atoms with E-state index in [0.717, 1.165) is 82.1 Å². The Hall–Kier alpha value is -5.79. The zero-order valence-electron chi connectivity index (χ0n) is 36.8. The van der Waals surface area contributed by atoms with Gasteiger partial charge in [0.15, 0.2) is 6.17 Å². The van der Waals surface area contributed by atoms with Crippen LogP contribution in [0.15, 0.2) is 41.3 Å². The lowest BCUT2D eigenvalue weighted by Gasteiger charge is -2.36. The first kappa shape index (κ1) is 44.8. The third kappa shape index (κ3) is 9.51. The molecule has 0 spiro atoms. The van der Waals surface area contributed by atoms with Crippen LogP contribution in [-0.2, 0) is 32.6 Å². The summed E-state index contributed by atoms with van der Waals surface area (Å²) in [5.41, 5.74) is 8.87. The normalized spacial score (nSPS) is 24.3. The lowest BCUT2D eigenvalue weighted by molar-refractivity contribution is -0.135. The van der Waals surface area contributed by atoms with E-state index < -0.39 is 41.9 Å². The number of nitrogens with zero attached hydrogens (tertiary/aromatic N) is 4. The Morgan fingerprint density at radius 2 is 1.77 bits per heavy atom. The molecule has 4 atom stereocenters. The number of ether oxygens (including phenoxy) is 3. The quantitative estimate of drug-likeness (QED) is 0.0926. The van der Waals surface area contributed by atoms with E-state index in [9.17, 15) is 28.4 Å². The van der Waals surface area contributed by atoms with E-state index in [-0.39, 0.29) is 53.8 Å². The number of alkyl halides is 1. The van der Waals surface area contributed by atoms with E-state index in [1.165, 1.54) is 11.7 Å². The molecule has 15 nitrogen and oxygen atoms in total. The minimum absolute atomic E-state index is 0.0349. The SMILES string of the molecule is CC[C@@H]1[C@H](F)C(=O)N[C@@H]1COc1ncc(C#C[C@H]2CC[C@@H](CN3CCC(OCCCc4ccc5c(c4)n(C)c(=O)n5C4CCC(=O)NC4=O)CC3)CC2)c2cc(C(N)=O)c(OC)cc12. The molecule has 4 amide bonds. The number of pyridine rings is 1. The average Bonchev–Trinajstić information content (AvgIpc) is 3.71. The van der Waals surface area contributed by atoms with Gasteiger partial charge >= 0.3 is 5.69 Å². The number of amides is 4. The minimum Gasteiger partial charge on any atom is -0.496 e. The Morgan fingerprint density at radius 1 is 0.984 bits per heavy atom. The summed E-state index contributed by atoms with van der Waals surface area (Å²) in [6.07, 6.45) is 9.18. The summed E-state index contributed by atoms with van der Waals surface area (Å²) in [7, 11) is 3.17. The highest BCUT2D eigenvalue weighted by Gasteiger charge is 2.42. The predicted octanol–water partition coefficient (Wildman–Crippen LogP) is 4.49. The van der Waals surface area contributed by atoms with Gasteiger partial charge < -0.3 is 30.2 Å². The zero-order valence-corrected chi connectivity index (χ0v) is 36.8. The number of carbonyl (C=O) groups excluding carboxylic acids is 4. The van der Waals surface area contributed by atoms with Crippen LogP contribution in [-0.4, -0.2) is 101 Å². The first-order valence-electron chi connectivity index (χ1n) is 22.7. The summed E-state index contributed by atoms with van der Waals surface area (Å²) in [5.74, 6) is 5.70. The fourth-order valence-corrected chi connectivity index (χ4v) is 10.0. The number of hydrogen-bond acceptors (Lipinski definition) is 10. The van der Waals surface area contributed by atoms with Crippen LogP contribution in [0.25, 0.3) is 21.8 Å². The van der Waals surface area contributed by atoms with Crippen LogP contribution >= 0.6 is 0 Å². The largest absolute Gasteiger partial charge is 0.496 e. The third-order valence-electron chi connectivity index (χ3n) is 13.7. The molecule has 64 heavy (non-hydrogen) atoms. The van der Waals surface area contributed by atoms with Crippen LogP contribution in [0.5, 0.6) is 11.6 Å². The number of rotatable bonds is 14. The topological polar surface area (TPSA) is 189 Å². The molecule has 4 fully saturated rings. The highest BCUT2D eigenvalue weighted by Crippen LogP contribution is 2.35. The lowest BCUT2D eigenvalue weighted by Crippen LogP contribution is -2.44. The van der Waals surface area contributed by atoms with Gasteiger partial charge in [-0.3, -0.25) is 33.6 Å². The molecule has 2 aromatic carbocycles. The Balaban J connectivity index is 0.796. The number of nitrogens with two attached hydrogens (primary N) is 1. The standard InChI is InChI=1S/C48H58FN7O8/c1-4-33-37(52-46(60)43(33)49)27-64-47-35-24-41(62-3)36(44(50)58)23-34(35)31(25-51-47)13-11-28-7-9-30(10-8-28)26-55-19-17-32(18-20-55)63-21-5-6-29-12-14-38-40(22-29)54(2)48(61)56(38)39-15-16-42(57)53-45(39)59/h12,14,22-25,28,30,32-33,37,39,43H,4-10,15-21,26-27H2,1-3H3,(H2,50,58)(H,52,60)(H,53,57,59)/t28-,30+,33-,37+,39?,43-/m0/s1. The first-order valence-corrected chi connectivity index (χ1v) is 22.7. The van der Waals surface area contributed by atoms with E-state index >= 15 is 0 Å². The molecule has 0 radical (unpaired) electrons. The minimum atomic E-state index is -1.58. The monoisotopic (exact) mass is 879 g/mol. The fraction of sp³-hybridized carbons (Fsp3) is 0.542. The number of hydrogen-bond donors (Lipinski definition) is 3. The van der Waals surface area contributed by atoms with E-state index in [0.29, 0.717) is 47.2 Å². The second-order valence-corrected chi connectivity index (χ2v) is 17.8. The molecule has 16 heteroatoms. The molecule has 1 unspecified atom stereocenters. The number of aryl methyl sites for hydroxylation is 2. The van der Waals surface area contributed by atoms with Crippen LogP contribution < -0.4 is 31.5 Å². The summed E-state index contributed by atoms with van der Waals surface area (Å²) in [5, 5.41) is 6.27. The number of primary amides is 1. The molecule has 1 saturated carbocycles. The van der Waals surface area contributed by atoms with Crippen molar-refractivity contribution in [3.05, 3.63) is 63.7 Å². The maximum absolute atomic E-state index is 14.4. The Bertz CT molecular complexity index is 2550. The van der Waals surface area contributed by atoms with Gasteiger partial charge in [-0.2, -0.15) is 0 Å². The van der Waals surface area contributed by atoms with Crippen molar-refractivity contribution < 1.29 is 37.8 Å². The van der Waals surface area contributed by atoms with E-state index in [2.05, 4.69) is 32.4 Å². The van der Waals surface area contributed by atoms with Gasteiger partial charge in [-0.15, -0.1) is 0 Å². The Kier molecular flexibility index (Phi) is 13.7. The maximum atomic E-state index is 14.4.